The van der Waals surface area contributed by atoms with Gasteiger partial charge in [-0.05, 0) is 6.92 Å². The molecule has 1 aromatic heterocycles. The van der Waals surface area contributed by atoms with Crippen molar-refractivity contribution >= 4 is 0 Å². The van der Waals surface area contributed by atoms with Crippen molar-refractivity contribution < 1.29 is 17.9 Å². The third kappa shape index (κ3) is 2.94. The molecule has 0 bridgehead atoms. The molecule has 1 rings (SSSR count). The minimum atomic E-state index is -4.42. The maximum atomic E-state index is 12.6. The van der Waals surface area contributed by atoms with Gasteiger partial charge in [0.15, 0.2) is 0 Å². The highest BCUT2D eigenvalue weighted by molar-refractivity contribution is 5.14. The van der Waals surface area contributed by atoms with E-state index >= 15 is 0 Å². The lowest BCUT2D eigenvalue weighted by Crippen LogP contribution is -2.26. The molecule has 0 saturated carbocycles. The summed E-state index contributed by atoms with van der Waals surface area (Å²) in [6.45, 7) is 0.911. The van der Waals surface area contributed by atoms with Crippen LogP contribution >= 0.6 is 0 Å². The Bertz CT molecular complexity index is 421. The van der Waals surface area contributed by atoms with Crippen LogP contribution < -0.4 is 0 Å². The van der Waals surface area contributed by atoms with Crippen molar-refractivity contribution in [3.8, 4) is 6.07 Å². The van der Waals surface area contributed by atoms with E-state index in [2.05, 4.69) is 10.3 Å². The minimum Gasteiger partial charge on any atom is -0.378 e. The predicted octanol–water partition coefficient (Wildman–Crippen LogP) is 1.61. The van der Waals surface area contributed by atoms with E-state index in [-0.39, 0.29) is 24.4 Å². The number of halogens is 3. The molecule has 0 radical (unpaired) electrons. The van der Waals surface area contributed by atoms with E-state index in [9.17, 15) is 13.2 Å². The van der Waals surface area contributed by atoms with Crippen LogP contribution in [0.5, 0.6) is 0 Å². The molecule has 1 unspecified atom stereocenters. The van der Waals surface area contributed by atoms with E-state index in [1.807, 2.05) is 6.07 Å². The smallest absolute Gasteiger partial charge is 0.378 e. The fourth-order valence-corrected chi connectivity index (χ4v) is 1.29. The van der Waals surface area contributed by atoms with Crippen molar-refractivity contribution in [3.05, 3.63) is 11.4 Å². The van der Waals surface area contributed by atoms with Crippen LogP contribution in [0.25, 0.3) is 0 Å². The van der Waals surface area contributed by atoms with Gasteiger partial charge in [0.1, 0.15) is 11.7 Å². The van der Waals surface area contributed by atoms with E-state index in [0.29, 0.717) is 0 Å². The third-order valence-electron chi connectivity index (χ3n) is 2.24. The molecule has 0 saturated heterocycles. The number of nitrogens with zero attached hydrogens (tertiary/aromatic N) is 4. The van der Waals surface area contributed by atoms with Crippen LogP contribution in [0.2, 0.25) is 0 Å². The summed E-state index contributed by atoms with van der Waals surface area (Å²) in [4.78, 5) is 0. The number of hydrogen-bond acceptors (Lipinski definition) is 4. The van der Waals surface area contributed by atoms with E-state index in [0.717, 1.165) is 11.6 Å². The van der Waals surface area contributed by atoms with Gasteiger partial charge in [0.25, 0.3) is 0 Å². The van der Waals surface area contributed by atoms with E-state index in [4.69, 9.17) is 10.00 Å². The Hall–Kier alpha value is -1.62. The number of nitriles is 1. The molecule has 0 fully saturated rings. The number of rotatable bonds is 4. The lowest BCUT2D eigenvalue weighted by molar-refractivity contribution is -0.166. The molecule has 1 aromatic rings. The van der Waals surface area contributed by atoms with Gasteiger partial charge in [-0.2, -0.15) is 18.4 Å². The summed E-state index contributed by atoms with van der Waals surface area (Å²) in [5.74, 6) is 0. The van der Waals surface area contributed by atoms with Gasteiger partial charge >= 0.3 is 6.18 Å². The Balaban J connectivity index is 3.12. The number of hydrogen-bond donors (Lipinski definition) is 0. The van der Waals surface area contributed by atoms with Gasteiger partial charge in [-0.25, -0.2) is 4.68 Å². The number of methoxy groups -OCH3 is 1. The molecular formula is C9H11F3N4O. The highest BCUT2D eigenvalue weighted by Gasteiger charge is 2.39. The van der Waals surface area contributed by atoms with Gasteiger partial charge in [0, 0.05) is 7.11 Å². The van der Waals surface area contributed by atoms with Gasteiger partial charge in [-0.3, -0.25) is 0 Å². The van der Waals surface area contributed by atoms with E-state index in [1.54, 1.807) is 0 Å². The van der Waals surface area contributed by atoms with Crippen molar-refractivity contribution in [2.75, 3.05) is 7.11 Å². The van der Waals surface area contributed by atoms with Crippen LogP contribution in [0.3, 0.4) is 0 Å². The van der Waals surface area contributed by atoms with Crippen molar-refractivity contribution in [3.63, 3.8) is 0 Å². The predicted molar refractivity (Wildman–Crippen MR) is 50.8 cm³/mol. The highest BCUT2D eigenvalue weighted by atomic mass is 19.4. The summed E-state index contributed by atoms with van der Waals surface area (Å²) in [6, 6.07) is 0.0226. The van der Waals surface area contributed by atoms with Gasteiger partial charge in [0.05, 0.1) is 24.8 Å². The monoisotopic (exact) mass is 248 g/mol. The first kappa shape index (κ1) is 13.4. The molecule has 0 N–H and O–H groups in total. The fraction of sp³-hybridized carbons (Fsp3) is 0.667. The normalized spacial score (nSPS) is 13.4. The molecule has 0 aliphatic rings. The Morgan fingerprint density at radius 3 is 2.65 bits per heavy atom. The number of aromatic nitrogens is 3. The van der Waals surface area contributed by atoms with Crippen LogP contribution in [0.1, 0.15) is 24.4 Å². The Kier molecular flexibility index (Phi) is 4.07. The summed E-state index contributed by atoms with van der Waals surface area (Å²) in [6.07, 6.45) is -4.51. The Morgan fingerprint density at radius 1 is 1.53 bits per heavy atom. The second-order valence-electron chi connectivity index (χ2n) is 3.41. The lowest BCUT2D eigenvalue weighted by Gasteiger charge is -2.17. The molecule has 94 valence electrons. The lowest BCUT2D eigenvalue weighted by atomic mass is 10.2. The van der Waals surface area contributed by atoms with Crippen LogP contribution in [0.15, 0.2) is 0 Å². The summed E-state index contributed by atoms with van der Waals surface area (Å²) < 4.78 is 43.2. The first-order valence-corrected chi connectivity index (χ1v) is 4.77. The average Bonchev–Trinajstić information content (AvgIpc) is 2.61. The topological polar surface area (TPSA) is 63.7 Å². The third-order valence-corrected chi connectivity index (χ3v) is 2.24. The van der Waals surface area contributed by atoms with Crippen LogP contribution in [-0.2, 0) is 17.8 Å². The Labute approximate surface area is 95.8 Å². The van der Waals surface area contributed by atoms with Crippen molar-refractivity contribution in [2.24, 2.45) is 0 Å². The number of ether oxygens (including phenoxy) is 1. The second-order valence-corrected chi connectivity index (χ2v) is 3.41. The van der Waals surface area contributed by atoms with Crippen LogP contribution in [-0.4, -0.2) is 28.3 Å². The number of alkyl halides is 3. The zero-order valence-corrected chi connectivity index (χ0v) is 9.32. The van der Waals surface area contributed by atoms with Gasteiger partial charge in [-0.15, -0.1) is 5.10 Å². The fourth-order valence-electron chi connectivity index (χ4n) is 1.29. The standard InChI is InChI=1S/C9H11F3N4O/c1-6(9(10,11)12)16-8(5-17-2)7(3-4-13)14-15-16/h6H,3,5H2,1-2H3. The van der Waals surface area contributed by atoms with Crippen molar-refractivity contribution in [1.29, 1.82) is 5.26 Å². The largest absolute Gasteiger partial charge is 0.410 e. The van der Waals surface area contributed by atoms with Crippen LogP contribution in [0.4, 0.5) is 13.2 Å². The van der Waals surface area contributed by atoms with E-state index < -0.39 is 12.2 Å². The van der Waals surface area contributed by atoms with Gasteiger partial charge in [-0.1, -0.05) is 5.21 Å². The quantitative estimate of drug-likeness (QED) is 0.812. The summed E-state index contributed by atoms with van der Waals surface area (Å²) in [5, 5.41) is 15.5. The molecule has 1 heterocycles. The van der Waals surface area contributed by atoms with Gasteiger partial charge in [0.2, 0.25) is 0 Å². The zero-order valence-electron chi connectivity index (χ0n) is 9.32. The molecule has 1 atom stereocenters. The summed E-state index contributed by atoms with van der Waals surface area (Å²) in [5.41, 5.74) is 0.393. The zero-order chi connectivity index (χ0) is 13.1. The molecule has 0 spiro atoms. The molecule has 0 aliphatic heterocycles. The summed E-state index contributed by atoms with van der Waals surface area (Å²) in [7, 11) is 1.35. The van der Waals surface area contributed by atoms with Crippen molar-refractivity contribution in [1.82, 2.24) is 15.0 Å². The minimum absolute atomic E-state index is 0.0650. The van der Waals surface area contributed by atoms with Crippen molar-refractivity contribution in [2.45, 2.75) is 32.2 Å². The van der Waals surface area contributed by atoms with Crippen LogP contribution in [0, 0.1) is 11.3 Å². The molecule has 8 heteroatoms. The molecule has 0 aliphatic carbocycles. The van der Waals surface area contributed by atoms with Gasteiger partial charge < -0.3 is 4.74 Å². The molecule has 5 nitrogen and oxygen atoms in total. The van der Waals surface area contributed by atoms with E-state index in [1.165, 1.54) is 7.11 Å². The second kappa shape index (κ2) is 5.14. The molecular weight excluding hydrogens is 237 g/mol. The molecule has 0 amide bonds. The summed E-state index contributed by atoms with van der Waals surface area (Å²) >= 11 is 0. The maximum absolute atomic E-state index is 12.6. The molecule has 17 heavy (non-hydrogen) atoms. The first-order chi connectivity index (χ1) is 7.91. The molecule has 0 aromatic carbocycles. The maximum Gasteiger partial charge on any atom is 0.410 e. The Morgan fingerprint density at radius 2 is 2.18 bits per heavy atom. The average molecular weight is 248 g/mol. The highest BCUT2D eigenvalue weighted by Crippen LogP contribution is 2.30. The SMILES string of the molecule is COCc1c(CC#N)nnn1C(C)C(F)(F)F. The first-order valence-electron chi connectivity index (χ1n) is 4.77.